The summed E-state index contributed by atoms with van der Waals surface area (Å²) in [7, 11) is 1.11. The summed E-state index contributed by atoms with van der Waals surface area (Å²) in [5, 5.41) is 3.98. The molecule has 0 aliphatic carbocycles. The minimum Gasteiger partial charge on any atom is -0.378 e. The van der Waals surface area contributed by atoms with Crippen LogP contribution in [0.3, 0.4) is 0 Å². The molecule has 3 unspecified atom stereocenters. The van der Waals surface area contributed by atoms with Crippen LogP contribution in [0.4, 0.5) is 43.9 Å². The normalized spacial score (nSPS) is 22.2. The van der Waals surface area contributed by atoms with Crippen LogP contribution in [0.25, 0.3) is 0 Å². The van der Waals surface area contributed by atoms with Crippen molar-refractivity contribution in [1.82, 2.24) is 31.3 Å². The zero-order chi connectivity index (χ0) is 40.4. The third-order valence-electron chi connectivity index (χ3n) is 10.1. The van der Waals surface area contributed by atoms with Crippen LogP contribution in [0.2, 0.25) is 0 Å². The highest BCUT2D eigenvalue weighted by atomic mass is 19.4. The number of alkyl halides is 10. The van der Waals surface area contributed by atoms with Crippen molar-refractivity contribution < 1.29 is 48.6 Å². The monoisotopic (exact) mass is 792 g/mol. The Labute approximate surface area is 313 Å². The van der Waals surface area contributed by atoms with Gasteiger partial charge in [0.1, 0.15) is 11.6 Å². The summed E-state index contributed by atoms with van der Waals surface area (Å²) >= 11 is 0. The molecule has 5 rings (SSSR count). The van der Waals surface area contributed by atoms with Crippen LogP contribution in [-0.4, -0.2) is 72.3 Å². The number of piperidine rings is 1. The molecule has 17 heteroatoms. The highest BCUT2D eigenvalue weighted by Crippen LogP contribution is 2.46. The number of halogens is 10. The minimum absolute atomic E-state index is 0.0339. The number of hydrogen-bond acceptors (Lipinski definition) is 7. The molecule has 3 aromatic rings. The lowest BCUT2D eigenvalue weighted by atomic mass is 9.85. The first kappa shape index (κ1) is 42.8. The summed E-state index contributed by atoms with van der Waals surface area (Å²) < 4.78 is 154. The van der Waals surface area contributed by atoms with Crippen LogP contribution >= 0.6 is 0 Å². The van der Waals surface area contributed by atoms with Crippen molar-refractivity contribution in [3.8, 4) is 0 Å². The van der Waals surface area contributed by atoms with Gasteiger partial charge in [0.15, 0.2) is 11.8 Å². The average molecular weight is 793 g/mol. The Morgan fingerprint density at radius 1 is 0.800 bits per heavy atom. The van der Waals surface area contributed by atoms with Crippen molar-refractivity contribution in [1.29, 1.82) is 0 Å². The largest absolute Gasteiger partial charge is 0.416 e. The number of rotatable bonds is 13. The molecule has 3 N–H and O–H groups in total. The number of hydrazine groups is 3. The zero-order valence-electron chi connectivity index (χ0n) is 30.8. The predicted octanol–water partition coefficient (Wildman–Crippen LogP) is 8.81. The Balaban J connectivity index is 1.60. The van der Waals surface area contributed by atoms with Crippen molar-refractivity contribution >= 4 is 0 Å². The molecule has 2 fully saturated rings. The first-order valence-corrected chi connectivity index (χ1v) is 18.0. The predicted molar refractivity (Wildman–Crippen MR) is 186 cm³/mol. The number of hydrogen-bond donors (Lipinski definition) is 3. The van der Waals surface area contributed by atoms with Gasteiger partial charge in [-0.15, -0.1) is 5.12 Å². The van der Waals surface area contributed by atoms with Gasteiger partial charge in [-0.1, -0.05) is 80.6 Å². The zero-order valence-corrected chi connectivity index (χ0v) is 30.8. The van der Waals surface area contributed by atoms with Crippen LogP contribution in [0.5, 0.6) is 0 Å². The molecular formula is C38H46F10N6O. The molecule has 55 heavy (non-hydrogen) atoms. The van der Waals surface area contributed by atoms with Crippen LogP contribution < -0.4 is 16.2 Å². The third kappa shape index (κ3) is 9.80. The Hall–Kier alpha value is -3.32. The van der Waals surface area contributed by atoms with Gasteiger partial charge in [-0.25, -0.2) is 15.2 Å². The van der Waals surface area contributed by atoms with E-state index in [2.05, 4.69) is 16.2 Å². The Bertz CT molecular complexity index is 1680. The lowest BCUT2D eigenvalue weighted by Gasteiger charge is -2.43. The fraction of sp³-hybridized carbons (Fsp3) is 0.526. The highest BCUT2D eigenvalue weighted by Gasteiger charge is 2.61. The first-order chi connectivity index (χ1) is 25.7. The molecular weight excluding hydrogens is 746 g/mol. The Morgan fingerprint density at radius 2 is 1.38 bits per heavy atom. The third-order valence-corrected chi connectivity index (χ3v) is 10.1. The van der Waals surface area contributed by atoms with Gasteiger partial charge < -0.3 is 4.74 Å². The van der Waals surface area contributed by atoms with Gasteiger partial charge >= 0.3 is 18.5 Å². The number of nitrogens with zero attached hydrogens (tertiary/aromatic N) is 3. The molecule has 0 amide bonds. The van der Waals surface area contributed by atoms with Gasteiger partial charge in [-0.3, -0.25) is 10.2 Å². The maximum absolute atomic E-state index is 15.5. The quantitative estimate of drug-likeness (QED) is 0.150. The number of ether oxygens (including phenoxy) is 1. The van der Waals surface area contributed by atoms with Crippen LogP contribution in [0, 0.1) is 5.92 Å². The second-order valence-electron chi connectivity index (χ2n) is 14.4. The number of nitrogens with one attached hydrogen (secondary N) is 3. The maximum Gasteiger partial charge on any atom is 0.416 e. The lowest BCUT2D eigenvalue weighted by molar-refractivity contribution is -0.230. The molecule has 304 valence electrons. The van der Waals surface area contributed by atoms with Crippen molar-refractivity contribution in [2.24, 2.45) is 5.92 Å². The molecule has 0 spiro atoms. The fourth-order valence-electron chi connectivity index (χ4n) is 7.64. The van der Waals surface area contributed by atoms with E-state index in [-0.39, 0.29) is 55.1 Å². The lowest BCUT2D eigenvalue weighted by Crippen LogP contribution is -2.68. The summed E-state index contributed by atoms with van der Waals surface area (Å²) in [4.78, 5) is 1.94. The van der Waals surface area contributed by atoms with Crippen LogP contribution in [0.15, 0.2) is 78.9 Å². The van der Waals surface area contributed by atoms with Gasteiger partial charge in [0, 0.05) is 39.3 Å². The molecule has 4 atom stereocenters. The molecule has 0 saturated carbocycles. The molecule has 0 aromatic heterocycles. The van der Waals surface area contributed by atoms with E-state index in [4.69, 9.17) is 4.74 Å². The molecule has 3 aromatic carbocycles. The Morgan fingerprint density at radius 3 is 1.89 bits per heavy atom. The molecule has 7 nitrogen and oxygen atoms in total. The van der Waals surface area contributed by atoms with E-state index < -0.39 is 60.1 Å². The van der Waals surface area contributed by atoms with E-state index in [1.165, 1.54) is 66.7 Å². The molecule has 2 aliphatic rings. The minimum atomic E-state index is -5.11. The fourth-order valence-corrected chi connectivity index (χ4v) is 7.64. The average Bonchev–Trinajstić information content (AvgIpc) is 3.42. The SMILES string of the molecule is CCOCC1(F)CCN([C@@H](c2ccc(C(F)(F)F)cc2CNC2(C(c3ccccc3)C(F)(F)F)NN(C)N(C(c3ccccc3)C(F)(F)F)N2)C(C)C)CC1. The second kappa shape index (κ2) is 16.6. The summed E-state index contributed by atoms with van der Waals surface area (Å²) in [6.07, 6.45) is -14.8. The topological polar surface area (TPSA) is 55.0 Å². The standard InChI is InChI=1S/C38H46F10N6O/c1-5-55-24-34(39)18-20-53(21-19-34)31(25(2)3)30-17-16-29(35(40,41)42)22-28(30)23-49-38(32(36(43,44)45)26-12-8-6-9-13-26)50-52(4)54(51-38)33(37(46,47)48)27-14-10-7-11-15-27/h6-17,22,25,31-33,49-51H,5,18-21,23-24H2,1-4H3/t31-,32?,33?,38?/m1/s1. The number of likely N-dealkylation sites (tertiary alicyclic amines) is 1. The summed E-state index contributed by atoms with van der Waals surface area (Å²) in [5.74, 6) is -5.51. The van der Waals surface area contributed by atoms with Crippen molar-refractivity contribution in [3.63, 3.8) is 0 Å². The Kier molecular flexibility index (Phi) is 13.0. The number of benzene rings is 3. The van der Waals surface area contributed by atoms with Crippen LogP contribution in [0.1, 0.15) is 79.4 Å². The second-order valence-corrected chi connectivity index (χ2v) is 14.4. The maximum atomic E-state index is 15.5. The van der Waals surface area contributed by atoms with Gasteiger partial charge in [0.25, 0.3) is 0 Å². The highest BCUT2D eigenvalue weighted by molar-refractivity contribution is 5.37. The van der Waals surface area contributed by atoms with Gasteiger partial charge in [0.05, 0.1) is 12.2 Å². The summed E-state index contributed by atoms with van der Waals surface area (Å²) in [6, 6.07) is 13.0. The molecule has 2 heterocycles. The first-order valence-electron chi connectivity index (χ1n) is 18.0. The van der Waals surface area contributed by atoms with Crippen LogP contribution in [-0.2, 0) is 17.5 Å². The smallest absolute Gasteiger partial charge is 0.378 e. The molecule has 2 aliphatic heterocycles. The molecule has 2 saturated heterocycles. The molecule has 0 bridgehead atoms. The van der Waals surface area contributed by atoms with Gasteiger partial charge in [0.2, 0.25) is 0 Å². The summed E-state index contributed by atoms with van der Waals surface area (Å²) in [5.41, 5.74) is 2.05. The summed E-state index contributed by atoms with van der Waals surface area (Å²) in [6.45, 7) is 5.45. The van der Waals surface area contributed by atoms with Crippen molar-refractivity contribution in [2.45, 2.75) is 88.1 Å². The van der Waals surface area contributed by atoms with E-state index in [9.17, 15) is 26.3 Å². The van der Waals surface area contributed by atoms with E-state index in [0.717, 1.165) is 24.3 Å². The molecule has 0 radical (unpaired) electrons. The van der Waals surface area contributed by atoms with E-state index in [1.54, 1.807) is 6.92 Å². The van der Waals surface area contributed by atoms with Gasteiger partial charge in [-0.2, -0.15) is 44.6 Å². The van der Waals surface area contributed by atoms with Crippen molar-refractivity contribution in [3.05, 3.63) is 107 Å². The van der Waals surface area contributed by atoms with Gasteiger partial charge in [-0.05, 0) is 60.1 Å². The van der Waals surface area contributed by atoms with Crippen molar-refractivity contribution in [2.75, 3.05) is 33.4 Å². The van der Waals surface area contributed by atoms with E-state index >= 15 is 17.6 Å². The van der Waals surface area contributed by atoms with E-state index in [0.29, 0.717) is 17.3 Å². The van der Waals surface area contributed by atoms with E-state index in [1.807, 2.05) is 18.7 Å².